The number of nitrogens with one attached hydrogen (secondary N) is 1. The van der Waals surface area contributed by atoms with Crippen LogP contribution in [-0.4, -0.2) is 37.0 Å². The van der Waals surface area contributed by atoms with Gasteiger partial charge in [-0.15, -0.1) is 0 Å². The molecular weight excluding hydrogens is 408 g/mol. The molecule has 2 atom stereocenters. The molecule has 4 heteroatoms. The van der Waals surface area contributed by atoms with Crippen molar-refractivity contribution < 1.29 is 9.53 Å². The molecule has 3 aliphatic rings. The molecule has 0 aromatic heterocycles. The zero-order valence-corrected chi connectivity index (χ0v) is 18.9. The van der Waals surface area contributed by atoms with Crippen LogP contribution in [0.2, 0.25) is 0 Å². The number of hydrogen-bond acceptors (Lipinski definition) is 3. The van der Waals surface area contributed by atoms with Gasteiger partial charge in [-0.2, -0.15) is 0 Å². The number of piperidine rings is 1. The van der Waals surface area contributed by atoms with Crippen LogP contribution in [0, 0.1) is 5.92 Å². The first-order valence-corrected chi connectivity index (χ1v) is 12.2. The van der Waals surface area contributed by atoms with Crippen LogP contribution >= 0.6 is 0 Å². The zero-order valence-electron chi connectivity index (χ0n) is 18.9. The van der Waals surface area contributed by atoms with E-state index in [9.17, 15) is 4.79 Å². The largest absolute Gasteiger partial charge is 0.493 e. The van der Waals surface area contributed by atoms with Gasteiger partial charge in [-0.05, 0) is 66.1 Å². The monoisotopic (exact) mass is 438 g/mol. The highest BCUT2D eigenvalue weighted by Crippen LogP contribution is 2.50. The lowest BCUT2D eigenvalue weighted by atomic mass is 9.64. The van der Waals surface area contributed by atoms with Crippen molar-refractivity contribution in [1.29, 1.82) is 0 Å². The number of nitrogens with zero attached hydrogens (tertiary/aromatic N) is 1. The van der Waals surface area contributed by atoms with E-state index in [2.05, 4.69) is 64.8 Å². The summed E-state index contributed by atoms with van der Waals surface area (Å²) in [5.41, 5.74) is 5.30. The number of para-hydroxylation sites is 1. The molecule has 3 aromatic carbocycles. The van der Waals surface area contributed by atoms with E-state index in [1.807, 2.05) is 18.2 Å². The lowest BCUT2D eigenvalue weighted by Crippen LogP contribution is -2.50. The molecule has 0 bridgehead atoms. The van der Waals surface area contributed by atoms with Gasteiger partial charge in [0.2, 0.25) is 5.91 Å². The molecule has 168 valence electrons. The van der Waals surface area contributed by atoms with Gasteiger partial charge in [0.05, 0.1) is 6.61 Å². The molecule has 1 fully saturated rings. The van der Waals surface area contributed by atoms with Crippen molar-refractivity contribution in [2.45, 2.75) is 31.1 Å². The standard InChI is InChI=1S/C29H30N2O2/c32-28-29(23-7-2-1-3-8-23,25-10-4-5-11-26(25)30-28)24-9-6-16-31(20-24)17-14-21-12-13-27-22(19-21)15-18-33-27/h1-5,7-8,10-13,19,24H,6,9,14-18,20H2,(H,30,32)/t24-,29?/m0/s1. The van der Waals surface area contributed by atoms with Crippen molar-refractivity contribution in [1.82, 2.24) is 4.90 Å². The van der Waals surface area contributed by atoms with Crippen LogP contribution in [0.15, 0.2) is 72.8 Å². The molecule has 1 saturated heterocycles. The summed E-state index contributed by atoms with van der Waals surface area (Å²) in [4.78, 5) is 16.3. The fourth-order valence-corrected chi connectivity index (χ4v) is 6.20. The first-order valence-electron chi connectivity index (χ1n) is 12.2. The highest BCUT2D eigenvalue weighted by atomic mass is 16.5. The highest BCUT2D eigenvalue weighted by molar-refractivity contribution is 6.09. The number of fused-ring (bicyclic) bond motifs is 2. The molecule has 1 N–H and O–H groups in total. The summed E-state index contributed by atoms with van der Waals surface area (Å²) in [7, 11) is 0. The number of amides is 1. The van der Waals surface area contributed by atoms with E-state index < -0.39 is 5.41 Å². The maximum absolute atomic E-state index is 13.7. The van der Waals surface area contributed by atoms with E-state index in [0.717, 1.165) is 74.5 Å². The van der Waals surface area contributed by atoms with E-state index in [0.29, 0.717) is 0 Å². The summed E-state index contributed by atoms with van der Waals surface area (Å²) >= 11 is 0. The average molecular weight is 439 g/mol. The molecule has 6 rings (SSSR count). The minimum atomic E-state index is -0.624. The third-order valence-electron chi connectivity index (χ3n) is 7.78. The number of rotatable bonds is 5. The summed E-state index contributed by atoms with van der Waals surface area (Å²) < 4.78 is 5.66. The number of anilines is 1. The minimum Gasteiger partial charge on any atom is -0.493 e. The first-order chi connectivity index (χ1) is 16.2. The van der Waals surface area contributed by atoms with Crippen LogP contribution in [0.1, 0.15) is 35.1 Å². The van der Waals surface area contributed by atoms with Gasteiger partial charge in [0.1, 0.15) is 11.2 Å². The van der Waals surface area contributed by atoms with Gasteiger partial charge in [0.25, 0.3) is 0 Å². The number of benzene rings is 3. The van der Waals surface area contributed by atoms with Crippen LogP contribution in [0.5, 0.6) is 5.75 Å². The van der Waals surface area contributed by atoms with Crippen molar-refractivity contribution in [3.8, 4) is 5.75 Å². The summed E-state index contributed by atoms with van der Waals surface area (Å²) in [6.45, 7) is 3.85. The number of ether oxygens (including phenoxy) is 1. The van der Waals surface area contributed by atoms with Gasteiger partial charge in [0, 0.05) is 25.2 Å². The molecule has 0 aliphatic carbocycles. The number of carbonyl (C=O) groups excluding carboxylic acids is 1. The number of hydrogen-bond donors (Lipinski definition) is 1. The predicted octanol–water partition coefficient (Wildman–Crippen LogP) is 4.81. The maximum atomic E-state index is 13.7. The Balaban J connectivity index is 1.28. The van der Waals surface area contributed by atoms with E-state index in [1.54, 1.807) is 0 Å². The van der Waals surface area contributed by atoms with Crippen molar-refractivity contribution in [3.05, 3.63) is 95.1 Å². The molecule has 0 radical (unpaired) electrons. The smallest absolute Gasteiger partial charge is 0.239 e. The molecule has 4 nitrogen and oxygen atoms in total. The van der Waals surface area contributed by atoms with Crippen molar-refractivity contribution in [3.63, 3.8) is 0 Å². The Hall–Kier alpha value is -3.11. The normalized spacial score (nSPS) is 24.1. The molecule has 1 unspecified atom stereocenters. The van der Waals surface area contributed by atoms with Crippen molar-refractivity contribution in [2.75, 3.05) is 31.6 Å². The lowest BCUT2D eigenvalue weighted by molar-refractivity contribution is -0.121. The quantitative estimate of drug-likeness (QED) is 0.621. The van der Waals surface area contributed by atoms with Gasteiger partial charge < -0.3 is 15.0 Å². The molecule has 0 saturated carbocycles. The first kappa shape index (κ1) is 20.5. The third kappa shape index (κ3) is 3.44. The second kappa shape index (κ2) is 8.35. The summed E-state index contributed by atoms with van der Waals surface area (Å²) in [6, 6.07) is 25.3. The Bertz CT molecular complexity index is 1180. The Labute approximate surface area is 195 Å². The Morgan fingerprint density at radius 1 is 1.03 bits per heavy atom. The Morgan fingerprint density at radius 3 is 2.79 bits per heavy atom. The van der Waals surface area contributed by atoms with Gasteiger partial charge >= 0.3 is 0 Å². The minimum absolute atomic E-state index is 0.125. The van der Waals surface area contributed by atoms with E-state index in [1.165, 1.54) is 11.1 Å². The second-order valence-electron chi connectivity index (χ2n) is 9.60. The van der Waals surface area contributed by atoms with Crippen LogP contribution in [-0.2, 0) is 23.1 Å². The van der Waals surface area contributed by atoms with Gasteiger partial charge in [-0.3, -0.25) is 4.79 Å². The van der Waals surface area contributed by atoms with Gasteiger partial charge in [0.15, 0.2) is 0 Å². The topological polar surface area (TPSA) is 41.6 Å². The Kier molecular flexibility index (Phi) is 5.18. The molecular formula is C29H30N2O2. The van der Waals surface area contributed by atoms with Crippen LogP contribution < -0.4 is 10.1 Å². The molecule has 0 spiro atoms. The predicted molar refractivity (Wildman–Crippen MR) is 131 cm³/mol. The van der Waals surface area contributed by atoms with Crippen molar-refractivity contribution >= 4 is 11.6 Å². The molecule has 33 heavy (non-hydrogen) atoms. The SMILES string of the molecule is O=C1Nc2ccccc2C1(c1ccccc1)[C@H]1CCCN(CCc2ccc3c(c2)CCO3)C1. The van der Waals surface area contributed by atoms with Crippen LogP contribution in [0.4, 0.5) is 5.69 Å². The van der Waals surface area contributed by atoms with E-state index >= 15 is 0 Å². The summed E-state index contributed by atoms with van der Waals surface area (Å²) in [5, 5.41) is 3.21. The van der Waals surface area contributed by atoms with Crippen molar-refractivity contribution in [2.24, 2.45) is 5.92 Å². The molecule has 1 amide bonds. The molecule has 3 aliphatic heterocycles. The maximum Gasteiger partial charge on any atom is 0.239 e. The van der Waals surface area contributed by atoms with Gasteiger partial charge in [-0.25, -0.2) is 0 Å². The van der Waals surface area contributed by atoms with Gasteiger partial charge in [-0.1, -0.05) is 60.7 Å². The van der Waals surface area contributed by atoms with Crippen LogP contribution in [0.3, 0.4) is 0 Å². The molecule has 3 aromatic rings. The zero-order chi connectivity index (χ0) is 22.3. The summed E-state index contributed by atoms with van der Waals surface area (Å²) in [6.07, 6.45) is 4.22. The lowest BCUT2D eigenvalue weighted by Gasteiger charge is -2.42. The average Bonchev–Trinajstić information content (AvgIpc) is 3.45. The highest BCUT2D eigenvalue weighted by Gasteiger charge is 2.53. The fourth-order valence-electron chi connectivity index (χ4n) is 6.20. The Morgan fingerprint density at radius 2 is 1.88 bits per heavy atom. The summed E-state index contributed by atoms with van der Waals surface area (Å²) in [5.74, 6) is 1.42. The van der Waals surface area contributed by atoms with Crippen LogP contribution in [0.25, 0.3) is 0 Å². The molecule has 3 heterocycles. The third-order valence-corrected chi connectivity index (χ3v) is 7.78. The fraction of sp³-hybridized carbons (Fsp3) is 0.345. The van der Waals surface area contributed by atoms with E-state index in [4.69, 9.17) is 4.74 Å². The van der Waals surface area contributed by atoms with E-state index in [-0.39, 0.29) is 11.8 Å². The number of likely N-dealkylation sites (tertiary alicyclic amines) is 1. The number of carbonyl (C=O) groups is 1. The second-order valence-corrected chi connectivity index (χ2v) is 9.60.